The number of fused-ring (bicyclic) bond motifs is 2. The van der Waals surface area contributed by atoms with Gasteiger partial charge >= 0.3 is 5.97 Å². The zero-order valence-electron chi connectivity index (χ0n) is 19.4. The molecule has 5 aromatic rings. The van der Waals surface area contributed by atoms with Crippen molar-refractivity contribution in [3.8, 4) is 17.1 Å². The van der Waals surface area contributed by atoms with Crippen molar-refractivity contribution in [3.63, 3.8) is 0 Å². The van der Waals surface area contributed by atoms with Gasteiger partial charge in [-0.2, -0.15) is 0 Å². The molecule has 0 spiro atoms. The minimum Gasteiger partial charge on any atom is -0.478 e. The van der Waals surface area contributed by atoms with E-state index in [0.717, 1.165) is 42.4 Å². The maximum Gasteiger partial charge on any atom is 0.335 e. The first-order valence-corrected chi connectivity index (χ1v) is 11.5. The van der Waals surface area contributed by atoms with Crippen LogP contribution in [0.15, 0.2) is 60.8 Å². The van der Waals surface area contributed by atoms with Gasteiger partial charge in [0, 0.05) is 18.4 Å². The highest BCUT2D eigenvalue weighted by atomic mass is 16.5. The van der Waals surface area contributed by atoms with Gasteiger partial charge in [-0.05, 0) is 62.6 Å². The molecule has 0 radical (unpaired) electrons. The number of nitrogens with two attached hydrogens (primary N) is 1. The van der Waals surface area contributed by atoms with Gasteiger partial charge in [0.15, 0.2) is 0 Å². The highest BCUT2D eigenvalue weighted by Gasteiger charge is 2.19. The first-order chi connectivity index (χ1) is 17.0. The Kier molecular flexibility index (Phi) is 6.05. The van der Waals surface area contributed by atoms with Gasteiger partial charge in [-0.3, -0.25) is 4.98 Å². The number of aromatic nitrogens is 5. The number of hydrogen-bond acceptors (Lipinski definition) is 6. The maximum atomic E-state index is 11.6. The summed E-state index contributed by atoms with van der Waals surface area (Å²) in [7, 11) is 0. The number of carbonyl (C=O) groups is 1. The van der Waals surface area contributed by atoms with Crippen LogP contribution in [0.1, 0.15) is 35.3 Å². The molecule has 0 bridgehead atoms. The summed E-state index contributed by atoms with van der Waals surface area (Å²) in [6.45, 7) is 3.05. The third-order valence-electron chi connectivity index (χ3n) is 5.91. The first-order valence-electron chi connectivity index (χ1n) is 11.5. The van der Waals surface area contributed by atoms with Crippen molar-refractivity contribution < 1.29 is 14.6 Å². The van der Waals surface area contributed by atoms with Crippen molar-refractivity contribution in [3.05, 3.63) is 72.1 Å². The number of carboxylic acid groups (broad SMARTS) is 1. The number of nitrogen functional groups attached to an aromatic ring is 1. The van der Waals surface area contributed by atoms with Crippen LogP contribution in [0.3, 0.4) is 0 Å². The van der Waals surface area contributed by atoms with Crippen LogP contribution in [0, 0.1) is 6.92 Å². The monoisotopic (exact) mass is 470 g/mol. The van der Waals surface area contributed by atoms with Gasteiger partial charge in [-0.25, -0.2) is 14.3 Å². The van der Waals surface area contributed by atoms with E-state index in [1.807, 2.05) is 53.2 Å². The molecule has 4 aromatic heterocycles. The summed E-state index contributed by atoms with van der Waals surface area (Å²) >= 11 is 0. The molecule has 0 aliphatic heterocycles. The van der Waals surface area contributed by atoms with Crippen LogP contribution in [-0.2, 0) is 6.54 Å². The minimum absolute atomic E-state index is 0.181. The molecule has 0 aliphatic carbocycles. The molecular weight excluding hydrogens is 444 g/mol. The largest absolute Gasteiger partial charge is 0.478 e. The predicted molar refractivity (Wildman–Crippen MR) is 134 cm³/mol. The molecule has 5 rings (SSSR count). The van der Waals surface area contributed by atoms with E-state index < -0.39 is 5.97 Å². The average molecular weight is 471 g/mol. The Morgan fingerprint density at radius 1 is 1.03 bits per heavy atom. The maximum absolute atomic E-state index is 11.6. The molecular formula is C26H26N6O3. The van der Waals surface area contributed by atoms with E-state index in [9.17, 15) is 9.90 Å². The second kappa shape index (κ2) is 9.46. The third kappa shape index (κ3) is 4.52. The molecule has 0 saturated heterocycles. The van der Waals surface area contributed by atoms with E-state index in [0.29, 0.717) is 35.4 Å². The van der Waals surface area contributed by atoms with Crippen molar-refractivity contribution in [1.82, 2.24) is 24.1 Å². The number of pyridine rings is 2. The Morgan fingerprint density at radius 2 is 1.83 bits per heavy atom. The van der Waals surface area contributed by atoms with Crippen LogP contribution < -0.4 is 10.5 Å². The molecule has 3 N–H and O–H groups in total. The summed E-state index contributed by atoms with van der Waals surface area (Å²) in [5.74, 6) is -0.0272. The van der Waals surface area contributed by atoms with E-state index in [1.54, 1.807) is 23.6 Å². The SMILES string of the molecule is Cc1cc(C(=O)O)cc(-c2c(OCCCCCn3c(N)nc4ccccc43)nn3ccccc23)n1. The van der Waals surface area contributed by atoms with Crippen molar-refractivity contribution >= 4 is 28.5 Å². The molecule has 0 amide bonds. The van der Waals surface area contributed by atoms with Crippen molar-refractivity contribution in [2.24, 2.45) is 0 Å². The van der Waals surface area contributed by atoms with E-state index in [4.69, 9.17) is 10.5 Å². The van der Waals surface area contributed by atoms with Gasteiger partial charge < -0.3 is 20.1 Å². The fourth-order valence-corrected chi connectivity index (χ4v) is 4.29. The highest BCUT2D eigenvalue weighted by Crippen LogP contribution is 2.33. The summed E-state index contributed by atoms with van der Waals surface area (Å²) in [5.41, 5.74) is 10.9. The average Bonchev–Trinajstić information content (AvgIpc) is 3.37. The summed E-state index contributed by atoms with van der Waals surface area (Å²) in [6.07, 6.45) is 4.55. The lowest BCUT2D eigenvalue weighted by atomic mass is 10.1. The van der Waals surface area contributed by atoms with Gasteiger partial charge in [0.25, 0.3) is 0 Å². The summed E-state index contributed by atoms with van der Waals surface area (Å²) < 4.78 is 9.85. The van der Waals surface area contributed by atoms with Crippen LogP contribution in [0.5, 0.6) is 5.88 Å². The smallest absolute Gasteiger partial charge is 0.335 e. The van der Waals surface area contributed by atoms with E-state index in [1.165, 1.54) is 0 Å². The molecule has 4 heterocycles. The van der Waals surface area contributed by atoms with Crippen LogP contribution >= 0.6 is 0 Å². The number of aromatic carboxylic acids is 1. The number of anilines is 1. The third-order valence-corrected chi connectivity index (χ3v) is 5.91. The second-order valence-corrected chi connectivity index (χ2v) is 8.42. The Morgan fingerprint density at radius 3 is 2.69 bits per heavy atom. The van der Waals surface area contributed by atoms with Crippen LogP contribution in [0.2, 0.25) is 0 Å². The normalized spacial score (nSPS) is 11.3. The molecule has 178 valence electrons. The van der Waals surface area contributed by atoms with Crippen LogP contribution in [0.25, 0.3) is 27.8 Å². The van der Waals surface area contributed by atoms with Gasteiger partial charge in [0.05, 0.1) is 40.0 Å². The molecule has 0 atom stereocenters. The molecule has 9 nitrogen and oxygen atoms in total. The lowest BCUT2D eigenvalue weighted by Gasteiger charge is -2.08. The Labute approximate surface area is 201 Å². The van der Waals surface area contributed by atoms with Crippen molar-refractivity contribution in [1.29, 1.82) is 0 Å². The van der Waals surface area contributed by atoms with Crippen LogP contribution in [-0.4, -0.2) is 41.8 Å². The van der Waals surface area contributed by atoms with Gasteiger partial charge in [-0.1, -0.05) is 18.2 Å². The van der Waals surface area contributed by atoms with E-state index in [-0.39, 0.29) is 5.56 Å². The first kappa shape index (κ1) is 22.4. The zero-order chi connectivity index (χ0) is 24.4. The van der Waals surface area contributed by atoms with Crippen molar-refractivity contribution in [2.45, 2.75) is 32.7 Å². The van der Waals surface area contributed by atoms with E-state index in [2.05, 4.69) is 15.1 Å². The molecule has 0 saturated carbocycles. The summed E-state index contributed by atoms with van der Waals surface area (Å²) in [4.78, 5) is 20.6. The summed E-state index contributed by atoms with van der Waals surface area (Å²) in [5, 5.41) is 14.1. The fourth-order valence-electron chi connectivity index (χ4n) is 4.29. The number of carboxylic acids is 1. The summed E-state index contributed by atoms with van der Waals surface area (Å²) in [6, 6.07) is 16.8. The molecule has 0 fully saturated rings. The molecule has 0 unspecified atom stereocenters. The highest BCUT2D eigenvalue weighted by molar-refractivity contribution is 5.91. The Hall–Kier alpha value is -4.40. The fraction of sp³-hybridized carbons (Fsp3) is 0.231. The zero-order valence-corrected chi connectivity index (χ0v) is 19.4. The number of imidazole rings is 1. The van der Waals surface area contributed by atoms with Gasteiger partial charge in [-0.15, -0.1) is 5.10 Å². The minimum atomic E-state index is -0.998. The van der Waals surface area contributed by atoms with E-state index >= 15 is 0 Å². The lowest BCUT2D eigenvalue weighted by Crippen LogP contribution is -2.05. The molecule has 9 heteroatoms. The molecule has 1 aromatic carbocycles. The number of aryl methyl sites for hydroxylation is 2. The lowest BCUT2D eigenvalue weighted by molar-refractivity contribution is 0.0696. The Balaban J connectivity index is 1.28. The predicted octanol–water partition coefficient (Wildman–Crippen LogP) is 4.58. The topological polar surface area (TPSA) is 121 Å². The number of nitrogens with zero attached hydrogens (tertiary/aromatic N) is 5. The number of hydrogen-bond donors (Lipinski definition) is 2. The number of unbranched alkanes of at least 4 members (excludes halogenated alkanes) is 2. The van der Waals surface area contributed by atoms with Crippen LogP contribution in [0.4, 0.5) is 5.95 Å². The van der Waals surface area contributed by atoms with Gasteiger partial charge in [0.2, 0.25) is 11.8 Å². The molecule has 0 aliphatic rings. The quantitative estimate of drug-likeness (QED) is 0.302. The molecule has 35 heavy (non-hydrogen) atoms. The van der Waals surface area contributed by atoms with Crippen molar-refractivity contribution in [2.75, 3.05) is 12.3 Å². The second-order valence-electron chi connectivity index (χ2n) is 8.42. The Bertz CT molecular complexity index is 1520. The number of ether oxygens (including phenoxy) is 1. The number of para-hydroxylation sites is 2. The van der Waals surface area contributed by atoms with Gasteiger partial charge in [0.1, 0.15) is 0 Å². The number of benzene rings is 1. The number of rotatable bonds is 9. The standard InChI is InChI=1S/C26H26N6O3/c1-17-15-18(25(33)34)16-20(28-17)23-22-11-5-7-13-32(22)30-24(23)35-14-8-2-6-12-31-21-10-4-3-9-19(21)29-26(31)27/h3-5,7,9-11,13,15-16H,2,6,8,12,14H2,1H3,(H2,27,29)(H,33,34).